The molecule has 0 saturated heterocycles. The van der Waals surface area contributed by atoms with Gasteiger partial charge in [0.05, 0.1) is 0 Å². The standard InChI is InChI=1S/C18H28FNO/c1-4-6-14-8-10-16(20-5-2)18(12-14)21-17-11-13(3)7-9-15(17)19/h7,9,11,14,16,18,20H,4-6,8,10,12H2,1-3H3. The fourth-order valence-electron chi connectivity index (χ4n) is 3.37. The number of nitrogens with one attached hydrogen (secondary N) is 1. The first-order chi connectivity index (χ1) is 10.1. The van der Waals surface area contributed by atoms with Gasteiger partial charge in [0.15, 0.2) is 11.6 Å². The zero-order valence-electron chi connectivity index (χ0n) is 13.5. The molecule has 1 aromatic rings. The van der Waals surface area contributed by atoms with E-state index in [4.69, 9.17) is 4.74 Å². The van der Waals surface area contributed by atoms with Crippen LogP contribution in [0.2, 0.25) is 0 Å². The van der Waals surface area contributed by atoms with Crippen molar-refractivity contribution in [2.75, 3.05) is 6.54 Å². The molecule has 0 amide bonds. The largest absolute Gasteiger partial charge is 0.486 e. The molecule has 3 unspecified atom stereocenters. The van der Waals surface area contributed by atoms with Gasteiger partial charge in [-0.25, -0.2) is 4.39 Å². The summed E-state index contributed by atoms with van der Waals surface area (Å²) >= 11 is 0. The zero-order valence-corrected chi connectivity index (χ0v) is 13.5. The van der Waals surface area contributed by atoms with E-state index in [-0.39, 0.29) is 11.9 Å². The normalized spacial score (nSPS) is 25.8. The fourth-order valence-corrected chi connectivity index (χ4v) is 3.37. The molecule has 3 atom stereocenters. The van der Waals surface area contributed by atoms with E-state index >= 15 is 0 Å². The van der Waals surface area contributed by atoms with Crippen molar-refractivity contribution in [1.82, 2.24) is 5.32 Å². The van der Waals surface area contributed by atoms with Gasteiger partial charge in [-0.05, 0) is 56.3 Å². The summed E-state index contributed by atoms with van der Waals surface area (Å²) in [7, 11) is 0. The predicted molar refractivity (Wildman–Crippen MR) is 85.3 cm³/mol. The Morgan fingerprint density at radius 3 is 2.81 bits per heavy atom. The molecule has 1 N–H and O–H groups in total. The Hall–Kier alpha value is -1.09. The molecular formula is C18H28FNO. The number of hydrogen-bond acceptors (Lipinski definition) is 2. The molecule has 0 radical (unpaired) electrons. The molecule has 1 aliphatic carbocycles. The van der Waals surface area contributed by atoms with Gasteiger partial charge in [0.1, 0.15) is 6.10 Å². The van der Waals surface area contributed by atoms with Crippen molar-refractivity contribution in [2.45, 2.75) is 65.0 Å². The van der Waals surface area contributed by atoms with Crippen LogP contribution in [0.1, 0.15) is 51.5 Å². The van der Waals surface area contributed by atoms with Gasteiger partial charge in [0, 0.05) is 6.04 Å². The van der Waals surface area contributed by atoms with Crippen molar-refractivity contribution >= 4 is 0 Å². The lowest BCUT2D eigenvalue weighted by Gasteiger charge is -2.36. The molecule has 1 aliphatic rings. The number of likely N-dealkylation sites (N-methyl/N-ethyl adjacent to an activating group) is 1. The van der Waals surface area contributed by atoms with Crippen LogP contribution in [-0.4, -0.2) is 18.7 Å². The van der Waals surface area contributed by atoms with Crippen LogP contribution in [0.5, 0.6) is 5.75 Å². The quantitative estimate of drug-likeness (QED) is 0.836. The van der Waals surface area contributed by atoms with Crippen molar-refractivity contribution in [1.29, 1.82) is 0 Å². The Morgan fingerprint density at radius 2 is 2.10 bits per heavy atom. The summed E-state index contributed by atoms with van der Waals surface area (Å²) in [5.74, 6) is 0.858. The molecule has 0 aliphatic heterocycles. The number of hydrogen-bond donors (Lipinski definition) is 1. The van der Waals surface area contributed by atoms with Crippen LogP contribution in [0.25, 0.3) is 0 Å². The number of rotatable bonds is 6. The number of halogens is 1. The lowest BCUT2D eigenvalue weighted by molar-refractivity contribution is 0.0803. The lowest BCUT2D eigenvalue weighted by Crippen LogP contribution is -2.47. The first-order valence-electron chi connectivity index (χ1n) is 8.30. The molecule has 3 heteroatoms. The summed E-state index contributed by atoms with van der Waals surface area (Å²) in [6, 6.07) is 5.43. The minimum Gasteiger partial charge on any atom is -0.486 e. The van der Waals surface area contributed by atoms with E-state index in [1.54, 1.807) is 6.07 Å². The Balaban J connectivity index is 2.09. The molecule has 1 saturated carbocycles. The van der Waals surface area contributed by atoms with E-state index in [1.165, 1.54) is 25.3 Å². The molecule has 118 valence electrons. The Kier molecular flexibility index (Phi) is 6.04. The molecule has 1 aromatic carbocycles. The highest BCUT2D eigenvalue weighted by Crippen LogP contribution is 2.32. The van der Waals surface area contributed by atoms with Crippen LogP contribution in [0.4, 0.5) is 4.39 Å². The fraction of sp³-hybridized carbons (Fsp3) is 0.667. The maximum absolute atomic E-state index is 13.9. The van der Waals surface area contributed by atoms with Crippen molar-refractivity contribution in [2.24, 2.45) is 5.92 Å². The highest BCUT2D eigenvalue weighted by molar-refractivity contribution is 5.29. The van der Waals surface area contributed by atoms with Crippen LogP contribution in [0, 0.1) is 18.7 Å². The summed E-state index contributed by atoms with van der Waals surface area (Å²) < 4.78 is 20.0. The third-order valence-electron chi connectivity index (χ3n) is 4.43. The van der Waals surface area contributed by atoms with Gasteiger partial charge in [-0.2, -0.15) is 0 Å². The van der Waals surface area contributed by atoms with Gasteiger partial charge >= 0.3 is 0 Å². The predicted octanol–water partition coefficient (Wildman–Crippen LogP) is 4.46. The topological polar surface area (TPSA) is 21.3 Å². The highest BCUT2D eigenvalue weighted by Gasteiger charge is 2.31. The first kappa shape index (κ1) is 16.3. The molecular weight excluding hydrogens is 265 g/mol. The number of aryl methyl sites for hydroxylation is 1. The van der Waals surface area contributed by atoms with Crippen molar-refractivity contribution in [3.8, 4) is 5.75 Å². The Bertz CT molecular complexity index is 449. The molecule has 0 bridgehead atoms. The number of benzene rings is 1. The molecule has 0 heterocycles. The summed E-state index contributed by atoms with van der Waals surface area (Å²) in [5.41, 5.74) is 1.03. The summed E-state index contributed by atoms with van der Waals surface area (Å²) in [6.07, 6.45) is 5.93. The van der Waals surface area contributed by atoms with E-state index in [1.807, 2.05) is 13.0 Å². The second kappa shape index (κ2) is 7.79. The molecule has 1 fully saturated rings. The third-order valence-corrected chi connectivity index (χ3v) is 4.43. The van der Waals surface area contributed by atoms with Gasteiger partial charge < -0.3 is 10.1 Å². The SMILES string of the molecule is CCCC1CCC(NCC)C(Oc2cc(C)ccc2F)C1. The second-order valence-corrected chi connectivity index (χ2v) is 6.22. The van der Waals surface area contributed by atoms with Gasteiger partial charge in [-0.3, -0.25) is 0 Å². The average Bonchev–Trinajstić information content (AvgIpc) is 2.46. The molecule has 0 spiro atoms. The van der Waals surface area contributed by atoms with E-state index < -0.39 is 0 Å². The van der Waals surface area contributed by atoms with Gasteiger partial charge in [-0.1, -0.05) is 32.8 Å². The minimum absolute atomic E-state index is 0.0755. The van der Waals surface area contributed by atoms with Gasteiger partial charge in [0.2, 0.25) is 0 Å². The van der Waals surface area contributed by atoms with Crippen molar-refractivity contribution in [3.63, 3.8) is 0 Å². The lowest BCUT2D eigenvalue weighted by atomic mass is 9.81. The number of ether oxygens (including phenoxy) is 1. The Morgan fingerprint density at radius 1 is 1.29 bits per heavy atom. The van der Waals surface area contributed by atoms with Crippen LogP contribution < -0.4 is 10.1 Å². The minimum atomic E-state index is -0.256. The van der Waals surface area contributed by atoms with Gasteiger partial charge in [-0.15, -0.1) is 0 Å². The molecule has 2 rings (SSSR count). The van der Waals surface area contributed by atoms with Crippen LogP contribution in [0.15, 0.2) is 18.2 Å². The van der Waals surface area contributed by atoms with Gasteiger partial charge in [0.25, 0.3) is 0 Å². The molecule has 21 heavy (non-hydrogen) atoms. The maximum Gasteiger partial charge on any atom is 0.165 e. The smallest absolute Gasteiger partial charge is 0.165 e. The van der Waals surface area contributed by atoms with E-state index in [0.29, 0.717) is 17.7 Å². The van der Waals surface area contributed by atoms with Crippen LogP contribution in [-0.2, 0) is 0 Å². The van der Waals surface area contributed by atoms with Crippen molar-refractivity contribution < 1.29 is 9.13 Å². The first-order valence-corrected chi connectivity index (χ1v) is 8.30. The zero-order chi connectivity index (χ0) is 15.2. The monoisotopic (exact) mass is 293 g/mol. The summed E-state index contributed by atoms with van der Waals surface area (Å²) in [5, 5.41) is 3.50. The van der Waals surface area contributed by atoms with Crippen LogP contribution in [0.3, 0.4) is 0 Å². The second-order valence-electron chi connectivity index (χ2n) is 6.22. The van der Waals surface area contributed by atoms with E-state index in [0.717, 1.165) is 24.9 Å². The summed E-state index contributed by atoms with van der Waals surface area (Å²) in [4.78, 5) is 0. The summed E-state index contributed by atoms with van der Waals surface area (Å²) in [6.45, 7) is 7.24. The van der Waals surface area contributed by atoms with E-state index in [2.05, 4.69) is 19.2 Å². The molecule has 2 nitrogen and oxygen atoms in total. The average molecular weight is 293 g/mol. The highest BCUT2D eigenvalue weighted by atomic mass is 19.1. The Labute approximate surface area is 128 Å². The van der Waals surface area contributed by atoms with Crippen molar-refractivity contribution in [3.05, 3.63) is 29.6 Å². The van der Waals surface area contributed by atoms with Crippen LogP contribution >= 0.6 is 0 Å². The molecule has 0 aromatic heterocycles. The van der Waals surface area contributed by atoms with E-state index in [9.17, 15) is 4.39 Å². The third kappa shape index (κ3) is 4.44. The maximum atomic E-state index is 13.9.